The number of ether oxygens (including phenoxy) is 2. The summed E-state index contributed by atoms with van der Waals surface area (Å²) in [5, 5.41) is 12.7. The van der Waals surface area contributed by atoms with E-state index in [2.05, 4.69) is 0 Å². The highest BCUT2D eigenvalue weighted by molar-refractivity contribution is 4.82. The molecule has 2 saturated heterocycles. The molecule has 0 bridgehead atoms. The largest absolute Gasteiger partial charge is 0.362 e. The first-order chi connectivity index (χ1) is 7.33. The highest BCUT2D eigenvalue weighted by Gasteiger charge is 2.45. The van der Waals surface area contributed by atoms with Crippen molar-refractivity contribution in [2.45, 2.75) is 45.2 Å². The molecule has 1 atom stereocenters. The topological polar surface area (TPSA) is 54.4 Å². The molecule has 1 N–H and O–H groups in total. The molecule has 6 heteroatoms. The Kier molecular flexibility index (Phi) is 2.98. The van der Waals surface area contributed by atoms with E-state index < -0.39 is 12.0 Å². The lowest BCUT2D eigenvalue weighted by Crippen LogP contribution is -2.48. The van der Waals surface area contributed by atoms with E-state index in [1.807, 2.05) is 27.7 Å². The van der Waals surface area contributed by atoms with Gasteiger partial charge in [0.1, 0.15) is 6.73 Å². The molecule has 6 nitrogen and oxygen atoms in total. The van der Waals surface area contributed by atoms with E-state index in [0.717, 1.165) is 5.06 Å². The summed E-state index contributed by atoms with van der Waals surface area (Å²) >= 11 is 0. The van der Waals surface area contributed by atoms with E-state index in [0.29, 0.717) is 19.9 Å². The maximum absolute atomic E-state index is 9.86. The third-order valence-electron chi connectivity index (χ3n) is 2.96. The van der Waals surface area contributed by atoms with Crippen LogP contribution >= 0.6 is 0 Å². The van der Waals surface area contributed by atoms with Gasteiger partial charge in [0, 0.05) is 0 Å². The van der Waals surface area contributed by atoms with Crippen molar-refractivity contribution in [3.8, 4) is 0 Å². The molecule has 0 aliphatic carbocycles. The van der Waals surface area contributed by atoms with Crippen molar-refractivity contribution in [2.24, 2.45) is 0 Å². The molecule has 0 radical (unpaired) electrons. The predicted octanol–water partition coefficient (Wildman–Crippen LogP) is 0.770. The normalized spacial score (nSPS) is 34.7. The summed E-state index contributed by atoms with van der Waals surface area (Å²) in [6, 6.07) is 0. The fourth-order valence-corrected chi connectivity index (χ4v) is 1.68. The van der Waals surface area contributed by atoms with Gasteiger partial charge in [0.25, 0.3) is 6.41 Å². The highest BCUT2D eigenvalue weighted by atomic mass is 16.9. The van der Waals surface area contributed by atoms with E-state index in [-0.39, 0.29) is 5.54 Å². The van der Waals surface area contributed by atoms with Crippen molar-refractivity contribution in [1.82, 2.24) is 10.1 Å². The number of rotatable bonds is 2. The van der Waals surface area contributed by atoms with E-state index >= 15 is 0 Å². The second kappa shape index (κ2) is 3.90. The van der Waals surface area contributed by atoms with Gasteiger partial charge in [0.05, 0.1) is 24.3 Å². The van der Waals surface area contributed by atoms with Gasteiger partial charge < -0.3 is 14.7 Å². The molecule has 0 aromatic heterocycles. The van der Waals surface area contributed by atoms with Gasteiger partial charge >= 0.3 is 0 Å². The molecule has 0 aromatic carbocycles. The van der Waals surface area contributed by atoms with Crippen molar-refractivity contribution in [3.63, 3.8) is 0 Å². The minimum atomic E-state index is -0.754. The van der Waals surface area contributed by atoms with Crippen molar-refractivity contribution < 1.29 is 19.5 Å². The van der Waals surface area contributed by atoms with Crippen LogP contribution < -0.4 is 0 Å². The lowest BCUT2D eigenvalue weighted by Gasteiger charge is -2.32. The Morgan fingerprint density at radius 3 is 2.31 bits per heavy atom. The van der Waals surface area contributed by atoms with Crippen LogP contribution in [0.15, 0.2) is 0 Å². The van der Waals surface area contributed by atoms with Gasteiger partial charge in [-0.2, -0.15) is 5.06 Å². The van der Waals surface area contributed by atoms with Crippen molar-refractivity contribution in [2.75, 3.05) is 19.9 Å². The maximum atomic E-state index is 9.86. The molecule has 2 rings (SSSR count). The minimum absolute atomic E-state index is 0.197. The summed E-state index contributed by atoms with van der Waals surface area (Å²) in [6.07, 6.45) is -0.754. The van der Waals surface area contributed by atoms with Crippen LogP contribution in [-0.4, -0.2) is 52.8 Å². The Labute approximate surface area is 95.6 Å². The lowest BCUT2D eigenvalue weighted by molar-refractivity contribution is -0.375. The predicted molar refractivity (Wildman–Crippen MR) is 55.3 cm³/mol. The van der Waals surface area contributed by atoms with Gasteiger partial charge in [-0.15, -0.1) is 5.06 Å². The molecule has 0 spiro atoms. The SMILES string of the molecule is CC1(C)COCN1OC1OCC(C)(C)N1O. The van der Waals surface area contributed by atoms with Gasteiger partial charge in [0.2, 0.25) is 0 Å². The summed E-state index contributed by atoms with van der Waals surface area (Å²) in [5.74, 6) is 0. The molecule has 2 fully saturated rings. The quantitative estimate of drug-likeness (QED) is 0.759. The summed E-state index contributed by atoms with van der Waals surface area (Å²) in [6.45, 7) is 9.24. The molecule has 2 aliphatic rings. The van der Waals surface area contributed by atoms with Gasteiger partial charge in [-0.25, -0.2) is 4.84 Å². The fourth-order valence-electron chi connectivity index (χ4n) is 1.68. The monoisotopic (exact) mass is 232 g/mol. The average Bonchev–Trinajstić information content (AvgIpc) is 2.62. The van der Waals surface area contributed by atoms with Gasteiger partial charge in [-0.3, -0.25) is 0 Å². The van der Waals surface area contributed by atoms with E-state index in [4.69, 9.17) is 14.3 Å². The number of hydroxylamine groups is 4. The van der Waals surface area contributed by atoms with Crippen molar-refractivity contribution in [1.29, 1.82) is 0 Å². The lowest BCUT2D eigenvalue weighted by atomic mass is 10.1. The molecule has 0 saturated carbocycles. The van der Waals surface area contributed by atoms with Crippen molar-refractivity contribution >= 4 is 0 Å². The summed E-state index contributed by atoms with van der Waals surface area (Å²) in [7, 11) is 0. The average molecular weight is 232 g/mol. The third-order valence-corrected chi connectivity index (χ3v) is 2.96. The van der Waals surface area contributed by atoms with Gasteiger partial charge in [0.15, 0.2) is 0 Å². The van der Waals surface area contributed by atoms with Crippen LogP contribution in [0, 0.1) is 0 Å². The molecule has 1 unspecified atom stereocenters. The third kappa shape index (κ3) is 2.09. The molecule has 2 heterocycles. The molecule has 2 aliphatic heterocycles. The second-order valence-corrected chi connectivity index (χ2v) is 5.55. The Balaban J connectivity index is 1.96. The van der Waals surface area contributed by atoms with Gasteiger partial charge in [-0.05, 0) is 27.7 Å². The molecule has 0 amide bonds. The van der Waals surface area contributed by atoms with E-state index in [1.54, 1.807) is 5.06 Å². The molecule has 16 heavy (non-hydrogen) atoms. The smallest absolute Gasteiger partial charge is 0.259 e. The summed E-state index contributed by atoms with van der Waals surface area (Å²) < 4.78 is 10.7. The molecule has 0 aromatic rings. The highest BCUT2D eigenvalue weighted by Crippen LogP contribution is 2.29. The van der Waals surface area contributed by atoms with Crippen LogP contribution in [-0.2, 0) is 14.3 Å². The Morgan fingerprint density at radius 2 is 1.88 bits per heavy atom. The first-order valence-corrected chi connectivity index (χ1v) is 5.45. The van der Waals surface area contributed by atoms with Crippen LogP contribution in [0.5, 0.6) is 0 Å². The first kappa shape index (κ1) is 12.2. The number of nitrogens with zero attached hydrogens (tertiary/aromatic N) is 2. The van der Waals surface area contributed by atoms with Crippen LogP contribution in [0.25, 0.3) is 0 Å². The van der Waals surface area contributed by atoms with Crippen LogP contribution in [0.1, 0.15) is 27.7 Å². The van der Waals surface area contributed by atoms with Crippen molar-refractivity contribution in [3.05, 3.63) is 0 Å². The van der Waals surface area contributed by atoms with Gasteiger partial charge in [-0.1, -0.05) is 0 Å². The van der Waals surface area contributed by atoms with Crippen LogP contribution in [0.4, 0.5) is 0 Å². The van der Waals surface area contributed by atoms with Crippen LogP contribution in [0.3, 0.4) is 0 Å². The standard InChI is InChI=1S/C10H20N2O4/c1-9(2)5-14-7-11(9)16-8-12(13)10(3,4)6-15-8/h8,13H,5-7H2,1-4H3. The van der Waals surface area contributed by atoms with E-state index in [9.17, 15) is 5.21 Å². The summed E-state index contributed by atoms with van der Waals surface area (Å²) in [4.78, 5) is 5.60. The minimum Gasteiger partial charge on any atom is -0.362 e. The first-order valence-electron chi connectivity index (χ1n) is 5.45. The molecular weight excluding hydrogens is 212 g/mol. The fraction of sp³-hybridized carbons (Fsp3) is 1.00. The van der Waals surface area contributed by atoms with E-state index in [1.165, 1.54) is 0 Å². The van der Waals surface area contributed by atoms with Crippen LogP contribution in [0.2, 0.25) is 0 Å². The Bertz CT molecular complexity index is 270. The molecular formula is C10H20N2O4. The Morgan fingerprint density at radius 1 is 1.19 bits per heavy atom. The second-order valence-electron chi connectivity index (χ2n) is 5.55. The molecule has 94 valence electrons. The maximum Gasteiger partial charge on any atom is 0.259 e. The zero-order valence-electron chi connectivity index (χ0n) is 10.3. The number of hydrogen-bond acceptors (Lipinski definition) is 6. The zero-order chi connectivity index (χ0) is 12.0. The Hall–Kier alpha value is -0.240. The number of hydrogen-bond donors (Lipinski definition) is 1. The summed E-state index contributed by atoms with van der Waals surface area (Å²) in [5.41, 5.74) is -0.619. The zero-order valence-corrected chi connectivity index (χ0v) is 10.3.